The molecule has 0 saturated carbocycles. The number of aromatic nitrogens is 2. The molecule has 1 aliphatic rings. The number of nitrogens with one attached hydrogen (secondary N) is 3. The van der Waals surface area contributed by atoms with Gasteiger partial charge < -0.3 is 15.4 Å². The van der Waals surface area contributed by atoms with E-state index in [-0.39, 0.29) is 17.8 Å². The summed E-state index contributed by atoms with van der Waals surface area (Å²) in [4.78, 5) is 12.2. The average Bonchev–Trinajstić information content (AvgIpc) is 2.95. The van der Waals surface area contributed by atoms with Gasteiger partial charge in [0.05, 0.1) is 18.4 Å². The van der Waals surface area contributed by atoms with Crippen LogP contribution in [0, 0.1) is 11.6 Å². The molecule has 1 fully saturated rings. The summed E-state index contributed by atoms with van der Waals surface area (Å²) in [6.45, 7) is 2.96. The number of amides is 1. The Morgan fingerprint density at radius 3 is 2.74 bits per heavy atom. The van der Waals surface area contributed by atoms with Crippen LogP contribution in [-0.2, 0) is 9.53 Å². The smallest absolute Gasteiger partial charge is 0.245 e. The van der Waals surface area contributed by atoms with Gasteiger partial charge in [0.15, 0.2) is 5.82 Å². The third kappa shape index (κ3) is 3.54. The molecule has 0 bridgehead atoms. The first kappa shape index (κ1) is 15.6. The van der Waals surface area contributed by atoms with Crippen LogP contribution in [0.15, 0.2) is 24.3 Å². The van der Waals surface area contributed by atoms with Crippen molar-refractivity contribution in [3.63, 3.8) is 0 Å². The van der Waals surface area contributed by atoms with Crippen LogP contribution in [0.4, 0.5) is 14.6 Å². The normalized spacial score (nSPS) is 21.2. The number of aromatic amines is 1. The monoisotopic (exact) mass is 322 g/mol. The van der Waals surface area contributed by atoms with Crippen molar-refractivity contribution in [2.24, 2.45) is 0 Å². The standard InChI is InChI=1S/C15H16F2N4O2/c1-8-14(18-2-3-23-8)15(22)19-13-7-12(20-21-13)9-4-10(16)6-11(17)5-9/h4-8,14,18H,2-3H2,1H3,(H2,19,20,21,22)/t8-,14+/m1/s1. The first-order chi connectivity index (χ1) is 11.0. The van der Waals surface area contributed by atoms with Gasteiger partial charge in [-0.3, -0.25) is 9.89 Å². The van der Waals surface area contributed by atoms with Crippen molar-refractivity contribution in [3.8, 4) is 11.3 Å². The Balaban J connectivity index is 1.73. The fourth-order valence-electron chi connectivity index (χ4n) is 2.47. The minimum absolute atomic E-state index is 0.250. The largest absolute Gasteiger partial charge is 0.375 e. The highest BCUT2D eigenvalue weighted by atomic mass is 19.1. The number of carbonyl (C=O) groups excluding carboxylic acids is 1. The Morgan fingerprint density at radius 1 is 1.30 bits per heavy atom. The molecule has 1 saturated heterocycles. The number of hydrogen-bond acceptors (Lipinski definition) is 4. The lowest BCUT2D eigenvalue weighted by atomic mass is 10.1. The quantitative estimate of drug-likeness (QED) is 0.803. The van der Waals surface area contributed by atoms with Gasteiger partial charge >= 0.3 is 0 Å². The fraction of sp³-hybridized carbons (Fsp3) is 0.333. The molecular formula is C15H16F2N4O2. The van der Waals surface area contributed by atoms with E-state index in [1.54, 1.807) is 0 Å². The summed E-state index contributed by atoms with van der Waals surface area (Å²) in [6.07, 6.45) is -0.250. The molecule has 122 valence electrons. The third-order valence-electron chi connectivity index (χ3n) is 3.60. The second-order valence-electron chi connectivity index (χ2n) is 5.32. The number of anilines is 1. The van der Waals surface area contributed by atoms with E-state index in [1.165, 1.54) is 18.2 Å². The molecule has 6 nitrogen and oxygen atoms in total. The number of hydrogen-bond donors (Lipinski definition) is 3. The molecule has 2 atom stereocenters. The maximum atomic E-state index is 13.3. The number of carbonyl (C=O) groups is 1. The fourth-order valence-corrected chi connectivity index (χ4v) is 2.47. The number of morpholine rings is 1. The van der Waals surface area contributed by atoms with Gasteiger partial charge in [-0.15, -0.1) is 0 Å². The van der Waals surface area contributed by atoms with Crippen LogP contribution in [0.2, 0.25) is 0 Å². The van der Waals surface area contributed by atoms with E-state index in [0.717, 1.165) is 6.07 Å². The molecule has 1 aromatic heterocycles. The van der Waals surface area contributed by atoms with Crippen LogP contribution in [0.1, 0.15) is 6.92 Å². The van der Waals surface area contributed by atoms with Gasteiger partial charge in [-0.05, 0) is 19.1 Å². The lowest BCUT2D eigenvalue weighted by Gasteiger charge is -2.28. The molecule has 3 N–H and O–H groups in total. The minimum Gasteiger partial charge on any atom is -0.375 e. The summed E-state index contributed by atoms with van der Waals surface area (Å²) in [6, 6.07) is 4.19. The second-order valence-corrected chi connectivity index (χ2v) is 5.32. The Kier molecular flexibility index (Phi) is 4.35. The summed E-state index contributed by atoms with van der Waals surface area (Å²) in [5, 5.41) is 12.3. The summed E-state index contributed by atoms with van der Waals surface area (Å²) < 4.78 is 31.9. The van der Waals surface area contributed by atoms with Crippen molar-refractivity contribution in [3.05, 3.63) is 35.9 Å². The molecule has 1 amide bonds. The molecule has 3 rings (SSSR count). The van der Waals surface area contributed by atoms with E-state index in [9.17, 15) is 13.6 Å². The highest BCUT2D eigenvalue weighted by molar-refractivity contribution is 5.95. The van der Waals surface area contributed by atoms with Crippen molar-refractivity contribution in [2.75, 3.05) is 18.5 Å². The molecule has 0 spiro atoms. The Labute approximate surface area is 131 Å². The van der Waals surface area contributed by atoms with Gasteiger partial charge in [0.1, 0.15) is 17.7 Å². The third-order valence-corrected chi connectivity index (χ3v) is 3.60. The molecule has 2 aromatic rings. The van der Waals surface area contributed by atoms with E-state index in [2.05, 4.69) is 20.8 Å². The average molecular weight is 322 g/mol. The number of rotatable bonds is 3. The molecule has 2 heterocycles. The van der Waals surface area contributed by atoms with Gasteiger partial charge in [-0.2, -0.15) is 5.10 Å². The van der Waals surface area contributed by atoms with E-state index >= 15 is 0 Å². The van der Waals surface area contributed by atoms with E-state index < -0.39 is 17.7 Å². The molecule has 0 radical (unpaired) electrons. The predicted molar refractivity (Wildman–Crippen MR) is 79.8 cm³/mol. The van der Waals surface area contributed by atoms with Gasteiger partial charge in [0.2, 0.25) is 5.91 Å². The SMILES string of the molecule is C[C@H]1OCCN[C@@H]1C(=O)Nc1cc(-c2cc(F)cc(F)c2)[nH]n1. The summed E-state index contributed by atoms with van der Waals surface area (Å²) in [7, 11) is 0. The van der Waals surface area contributed by atoms with Gasteiger partial charge in [-0.25, -0.2) is 8.78 Å². The maximum absolute atomic E-state index is 13.3. The maximum Gasteiger partial charge on any atom is 0.245 e. The van der Waals surface area contributed by atoms with Crippen molar-refractivity contribution in [1.29, 1.82) is 0 Å². The minimum atomic E-state index is -0.683. The van der Waals surface area contributed by atoms with Crippen molar-refractivity contribution in [2.45, 2.75) is 19.1 Å². The van der Waals surface area contributed by atoms with Crippen LogP contribution in [0.3, 0.4) is 0 Å². The van der Waals surface area contributed by atoms with Crippen LogP contribution in [-0.4, -0.2) is 41.4 Å². The van der Waals surface area contributed by atoms with Crippen LogP contribution >= 0.6 is 0 Å². The number of ether oxygens (including phenoxy) is 1. The summed E-state index contributed by atoms with van der Waals surface area (Å²) in [5.74, 6) is -1.37. The molecular weight excluding hydrogens is 306 g/mol. The highest BCUT2D eigenvalue weighted by Crippen LogP contribution is 2.22. The zero-order valence-corrected chi connectivity index (χ0v) is 12.4. The summed E-state index contributed by atoms with van der Waals surface area (Å²) in [5.41, 5.74) is 0.711. The summed E-state index contributed by atoms with van der Waals surface area (Å²) >= 11 is 0. The van der Waals surface area contributed by atoms with Crippen LogP contribution in [0.5, 0.6) is 0 Å². The zero-order chi connectivity index (χ0) is 16.4. The van der Waals surface area contributed by atoms with Crippen molar-refractivity contribution >= 4 is 11.7 Å². The van der Waals surface area contributed by atoms with Crippen molar-refractivity contribution in [1.82, 2.24) is 15.5 Å². The molecule has 8 heteroatoms. The van der Waals surface area contributed by atoms with E-state index in [1.807, 2.05) is 6.92 Å². The second kappa shape index (κ2) is 6.43. The van der Waals surface area contributed by atoms with Crippen molar-refractivity contribution < 1.29 is 18.3 Å². The highest BCUT2D eigenvalue weighted by Gasteiger charge is 2.28. The first-order valence-electron chi connectivity index (χ1n) is 7.20. The Morgan fingerprint density at radius 2 is 2.04 bits per heavy atom. The number of halogens is 2. The number of nitrogens with zero attached hydrogens (tertiary/aromatic N) is 1. The molecule has 1 aromatic carbocycles. The van der Waals surface area contributed by atoms with Gasteiger partial charge in [-0.1, -0.05) is 0 Å². The molecule has 23 heavy (non-hydrogen) atoms. The topological polar surface area (TPSA) is 79.0 Å². The first-order valence-corrected chi connectivity index (χ1v) is 7.20. The lowest BCUT2D eigenvalue weighted by Crippen LogP contribution is -2.53. The van der Waals surface area contributed by atoms with Crippen LogP contribution in [0.25, 0.3) is 11.3 Å². The predicted octanol–water partition coefficient (Wildman–Crippen LogP) is 1.67. The molecule has 0 unspecified atom stereocenters. The molecule has 1 aliphatic heterocycles. The molecule has 0 aliphatic carbocycles. The van der Waals surface area contributed by atoms with E-state index in [0.29, 0.717) is 24.4 Å². The van der Waals surface area contributed by atoms with E-state index in [4.69, 9.17) is 4.74 Å². The zero-order valence-electron chi connectivity index (χ0n) is 12.4. The Bertz CT molecular complexity index is 699. The lowest BCUT2D eigenvalue weighted by molar-refractivity contribution is -0.123. The van der Waals surface area contributed by atoms with Gasteiger partial charge in [0.25, 0.3) is 0 Å². The number of benzene rings is 1. The number of H-pyrrole nitrogens is 1. The van der Waals surface area contributed by atoms with Gasteiger partial charge in [0, 0.05) is 24.2 Å². The Hall–Kier alpha value is -2.32. The van der Waals surface area contributed by atoms with Crippen LogP contribution < -0.4 is 10.6 Å².